The molecule has 0 spiro atoms. The van der Waals surface area contributed by atoms with E-state index in [4.69, 9.17) is 4.42 Å². The zero-order valence-electron chi connectivity index (χ0n) is 15.0. The number of fused-ring (bicyclic) bond motifs is 1. The summed E-state index contributed by atoms with van der Waals surface area (Å²) in [7, 11) is 0. The third-order valence-corrected chi connectivity index (χ3v) is 4.80. The van der Waals surface area contributed by atoms with E-state index in [2.05, 4.69) is 56.9 Å². The SMILES string of the molecule is Cc1cccc(CNc2nnc(-c3nnc(C4CC4)o3)c3ccccc23)c1. The van der Waals surface area contributed by atoms with Gasteiger partial charge in [-0.15, -0.1) is 20.4 Å². The monoisotopic (exact) mass is 357 g/mol. The van der Waals surface area contributed by atoms with Gasteiger partial charge in [0.05, 0.1) is 0 Å². The van der Waals surface area contributed by atoms with Gasteiger partial charge in [-0.05, 0) is 25.3 Å². The fourth-order valence-corrected chi connectivity index (χ4v) is 3.23. The van der Waals surface area contributed by atoms with Crippen LogP contribution in [0.4, 0.5) is 5.82 Å². The fraction of sp³-hybridized carbons (Fsp3) is 0.238. The quantitative estimate of drug-likeness (QED) is 0.567. The molecule has 134 valence electrons. The van der Waals surface area contributed by atoms with Crippen LogP contribution in [-0.4, -0.2) is 20.4 Å². The molecule has 2 aromatic carbocycles. The van der Waals surface area contributed by atoms with E-state index in [9.17, 15) is 0 Å². The topological polar surface area (TPSA) is 76.7 Å². The first-order valence-corrected chi connectivity index (χ1v) is 9.16. The molecule has 2 heterocycles. The lowest BCUT2D eigenvalue weighted by Gasteiger charge is -2.10. The summed E-state index contributed by atoms with van der Waals surface area (Å²) in [5.41, 5.74) is 3.07. The molecule has 4 aromatic rings. The lowest BCUT2D eigenvalue weighted by atomic mass is 10.1. The van der Waals surface area contributed by atoms with Crippen LogP contribution in [0.2, 0.25) is 0 Å². The Kier molecular flexibility index (Phi) is 3.81. The molecule has 0 unspecified atom stereocenters. The van der Waals surface area contributed by atoms with E-state index < -0.39 is 0 Å². The smallest absolute Gasteiger partial charge is 0.268 e. The van der Waals surface area contributed by atoms with Gasteiger partial charge in [0.25, 0.3) is 5.89 Å². The summed E-state index contributed by atoms with van der Waals surface area (Å²) in [5, 5.41) is 22.5. The Morgan fingerprint density at radius 3 is 2.63 bits per heavy atom. The van der Waals surface area contributed by atoms with E-state index in [0.29, 0.717) is 29.9 Å². The number of hydrogen-bond acceptors (Lipinski definition) is 6. The number of anilines is 1. The highest BCUT2D eigenvalue weighted by Crippen LogP contribution is 2.40. The number of rotatable bonds is 5. The first-order chi connectivity index (χ1) is 13.3. The van der Waals surface area contributed by atoms with Gasteiger partial charge in [0, 0.05) is 23.2 Å². The summed E-state index contributed by atoms with van der Waals surface area (Å²) in [6.45, 7) is 2.78. The molecule has 5 rings (SSSR count). The molecular formula is C21H19N5O. The van der Waals surface area contributed by atoms with Crippen molar-refractivity contribution in [3.05, 3.63) is 65.5 Å². The molecule has 0 saturated heterocycles. The van der Waals surface area contributed by atoms with Crippen molar-refractivity contribution in [1.82, 2.24) is 20.4 Å². The Balaban J connectivity index is 1.49. The van der Waals surface area contributed by atoms with E-state index in [1.54, 1.807) is 0 Å². The molecule has 0 radical (unpaired) electrons. The van der Waals surface area contributed by atoms with Gasteiger partial charge in [-0.1, -0.05) is 54.1 Å². The van der Waals surface area contributed by atoms with Gasteiger partial charge in [0.1, 0.15) is 0 Å². The summed E-state index contributed by atoms with van der Waals surface area (Å²) in [6.07, 6.45) is 2.24. The van der Waals surface area contributed by atoms with Crippen LogP contribution in [0.5, 0.6) is 0 Å². The first kappa shape index (κ1) is 15.9. The minimum Gasteiger partial charge on any atom is -0.419 e. The van der Waals surface area contributed by atoms with E-state index in [0.717, 1.165) is 29.4 Å². The molecule has 1 N–H and O–H groups in total. The van der Waals surface area contributed by atoms with Gasteiger partial charge in [-0.25, -0.2) is 0 Å². The number of nitrogens with zero attached hydrogens (tertiary/aromatic N) is 4. The van der Waals surface area contributed by atoms with Gasteiger partial charge < -0.3 is 9.73 Å². The zero-order valence-corrected chi connectivity index (χ0v) is 15.0. The summed E-state index contributed by atoms with van der Waals surface area (Å²) < 4.78 is 5.84. The number of aryl methyl sites for hydroxylation is 1. The Labute approximate surface area is 156 Å². The highest BCUT2D eigenvalue weighted by atomic mass is 16.4. The third kappa shape index (κ3) is 3.14. The summed E-state index contributed by atoms with van der Waals surface area (Å²) >= 11 is 0. The summed E-state index contributed by atoms with van der Waals surface area (Å²) in [5.74, 6) is 2.31. The van der Waals surface area contributed by atoms with Crippen LogP contribution in [0.25, 0.3) is 22.4 Å². The molecule has 0 bridgehead atoms. The number of hydrogen-bond donors (Lipinski definition) is 1. The maximum absolute atomic E-state index is 5.84. The highest BCUT2D eigenvalue weighted by Gasteiger charge is 2.30. The molecule has 1 aliphatic carbocycles. The molecule has 1 aliphatic rings. The van der Waals surface area contributed by atoms with Gasteiger partial charge >= 0.3 is 0 Å². The van der Waals surface area contributed by atoms with Gasteiger partial charge in [-0.3, -0.25) is 0 Å². The van der Waals surface area contributed by atoms with Crippen molar-refractivity contribution in [2.75, 3.05) is 5.32 Å². The van der Waals surface area contributed by atoms with Crippen LogP contribution >= 0.6 is 0 Å². The van der Waals surface area contributed by atoms with Crippen LogP contribution in [0.1, 0.15) is 35.8 Å². The van der Waals surface area contributed by atoms with Crippen molar-refractivity contribution in [1.29, 1.82) is 0 Å². The number of nitrogens with one attached hydrogen (secondary N) is 1. The minimum absolute atomic E-state index is 0.417. The Hall–Kier alpha value is -3.28. The highest BCUT2D eigenvalue weighted by molar-refractivity contribution is 5.98. The zero-order chi connectivity index (χ0) is 18.2. The third-order valence-electron chi connectivity index (χ3n) is 4.80. The average Bonchev–Trinajstić information content (AvgIpc) is 3.43. The molecule has 6 heteroatoms. The summed E-state index contributed by atoms with van der Waals surface area (Å²) in [4.78, 5) is 0. The van der Waals surface area contributed by atoms with Crippen molar-refractivity contribution >= 4 is 16.6 Å². The van der Waals surface area contributed by atoms with E-state index in [1.807, 2.05) is 24.3 Å². The molecular weight excluding hydrogens is 338 g/mol. The molecule has 1 saturated carbocycles. The van der Waals surface area contributed by atoms with Gasteiger partial charge in [-0.2, -0.15) is 0 Å². The number of aromatic nitrogens is 4. The first-order valence-electron chi connectivity index (χ1n) is 9.16. The maximum atomic E-state index is 5.84. The van der Waals surface area contributed by atoms with E-state index >= 15 is 0 Å². The second-order valence-corrected chi connectivity index (χ2v) is 7.01. The molecule has 0 aliphatic heterocycles. The fourth-order valence-electron chi connectivity index (χ4n) is 3.23. The van der Waals surface area contributed by atoms with Crippen LogP contribution in [0, 0.1) is 6.92 Å². The van der Waals surface area contributed by atoms with Crippen molar-refractivity contribution in [3.8, 4) is 11.6 Å². The second-order valence-electron chi connectivity index (χ2n) is 7.01. The largest absolute Gasteiger partial charge is 0.419 e. The maximum Gasteiger partial charge on any atom is 0.268 e. The molecule has 2 aromatic heterocycles. The predicted molar refractivity (Wildman–Crippen MR) is 103 cm³/mol. The van der Waals surface area contributed by atoms with Crippen molar-refractivity contribution < 1.29 is 4.42 Å². The predicted octanol–water partition coefficient (Wildman–Crippen LogP) is 4.48. The van der Waals surface area contributed by atoms with Crippen LogP contribution < -0.4 is 5.32 Å². The minimum atomic E-state index is 0.417. The lowest BCUT2D eigenvalue weighted by molar-refractivity contribution is 0.507. The standard InChI is InChI=1S/C21H19N5O/c1-13-5-4-6-14(11-13)12-22-19-17-8-3-2-7-16(17)18(23-24-19)21-26-25-20(27-21)15-9-10-15/h2-8,11,15H,9-10,12H2,1H3,(H,22,24). The van der Waals surface area contributed by atoms with Gasteiger partial charge in [0.15, 0.2) is 11.5 Å². The van der Waals surface area contributed by atoms with Crippen molar-refractivity contribution in [3.63, 3.8) is 0 Å². The Bertz CT molecular complexity index is 1120. The van der Waals surface area contributed by atoms with Crippen LogP contribution in [-0.2, 0) is 6.54 Å². The Morgan fingerprint density at radius 1 is 0.963 bits per heavy atom. The lowest BCUT2D eigenvalue weighted by Crippen LogP contribution is -2.04. The van der Waals surface area contributed by atoms with Crippen molar-refractivity contribution in [2.45, 2.75) is 32.2 Å². The molecule has 0 amide bonds. The molecule has 27 heavy (non-hydrogen) atoms. The summed E-state index contributed by atoms with van der Waals surface area (Å²) in [6, 6.07) is 16.4. The normalized spacial score (nSPS) is 13.8. The molecule has 6 nitrogen and oxygen atoms in total. The van der Waals surface area contributed by atoms with Gasteiger partial charge in [0.2, 0.25) is 5.89 Å². The van der Waals surface area contributed by atoms with E-state index in [1.165, 1.54) is 11.1 Å². The molecule has 1 fully saturated rings. The Morgan fingerprint density at radius 2 is 1.81 bits per heavy atom. The average molecular weight is 357 g/mol. The van der Waals surface area contributed by atoms with Crippen LogP contribution in [0.15, 0.2) is 52.9 Å². The van der Waals surface area contributed by atoms with E-state index in [-0.39, 0.29) is 0 Å². The number of benzene rings is 2. The molecule has 0 atom stereocenters. The van der Waals surface area contributed by atoms with Crippen LogP contribution in [0.3, 0.4) is 0 Å². The second kappa shape index (κ2) is 6.46. The van der Waals surface area contributed by atoms with Crippen molar-refractivity contribution in [2.24, 2.45) is 0 Å².